The number of thioether (sulfide) groups is 1. The number of fused-ring (bicyclic) bond motifs is 1. The zero-order valence-electron chi connectivity index (χ0n) is 11.9. The van der Waals surface area contributed by atoms with Gasteiger partial charge in [0.15, 0.2) is 5.16 Å². The molecule has 1 aliphatic rings. The minimum Gasteiger partial charge on any atom is -0.353 e. The first-order valence-electron chi connectivity index (χ1n) is 7.13. The molecular weight excluding hydrogens is 288 g/mol. The number of carbonyl (C=O) groups is 1. The Morgan fingerprint density at radius 3 is 2.95 bits per heavy atom. The Bertz CT molecular complexity index is 715. The van der Waals surface area contributed by atoms with Crippen LogP contribution in [0.3, 0.4) is 0 Å². The monoisotopic (exact) mass is 306 g/mol. The summed E-state index contributed by atoms with van der Waals surface area (Å²) in [5, 5.41) is 3.50. The van der Waals surface area contributed by atoms with Crippen molar-refractivity contribution in [3.63, 3.8) is 0 Å². The molecule has 0 aliphatic heterocycles. The normalized spacial score (nSPS) is 15.7. The number of amides is 1. The number of aryl methyl sites for hydroxylation is 1. The number of nitrogens with zero attached hydrogens (tertiary/aromatic N) is 1. The largest absolute Gasteiger partial charge is 0.353 e. The van der Waals surface area contributed by atoms with Crippen LogP contribution in [0.25, 0.3) is 11.0 Å². The summed E-state index contributed by atoms with van der Waals surface area (Å²) in [5.74, 6) is 0.272. The fourth-order valence-electron chi connectivity index (χ4n) is 2.67. The Kier molecular flexibility index (Phi) is 4.01. The smallest absolute Gasteiger partial charge is 0.275 e. The number of rotatable bonds is 4. The van der Waals surface area contributed by atoms with Crippen LogP contribution in [0, 0.1) is 6.92 Å². The topological polar surface area (TPSA) is 90.6 Å². The van der Waals surface area contributed by atoms with E-state index in [0.717, 1.165) is 18.5 Å². The quantitative estimate of drug-likeness (QED) is 0.592. The van der Waals surface area contributed by atoms with Gasteiger partial charge in [-0.2, -0.15) is 0 Å². The average molecular weight is 306 g/mol. The predicted octanol–water partition coefficient (Wildman–Crippen LogP) is 1.71. The van der Waals surface area contributed by atoms with E-state index in [4.69, 9.17) is 0 Å². The number of H-pyrrole nitrogens is 2. The lowest BCUT2D eigenvalue weighted by Crippen LogP contribution is -2.33. The Morgan fingerprint density at radius 2 is 2.19 bits per heavy atom. The number of nitrogens with one attached hydrogen (secondary N) is 3. The van der Waals surface area contributed by atoms with Crippen LogP contribution in [0.5, 0.6) is 0 Å². The molecule has 21 heavy (non-hydrogen) atoms. The van der Waals surface area contributed by atoms with Crippen LogP contribution >= 0.6 is 11.8 Å². The van der Waals surface area contributed by atoms with Crippen LogP contribution in [0.15, 0.2) is 16.0 Å². The van der Waals surface area contributed by atoms with E-state index in [1.807, 2.05) is 13.0 Å². The molecule has 2 heterocycles. The first-order valence-corrected chi connectivity index (χ1v) is 8.12. The molecule has 0 unspecified atom stereocenters. The highest BCUT2D eigenvalue weighted by atomic mass is 32.2. The lowest BCUT2D eigenvalue weighted by Gasteiger charge is -2.11. The van der Waals surface area contributed by atoms with Crippen molar-refractivity contribution in [1.82, 2.24) is 20.3 Å². The average Bonchev–Trinajstić information content (AvgIpc) is 3.05. The van der Waals surface area contributed by atoms with Crippen molar-refractivity contribution in [1.29, 1.82) is 0 Å². The second kappa shape index (κ2) is 5.93. The Hall–Kier alpha value is -1.76. The molecule has 112 valence electrons. The van der Waals surface area contributed by atoms with Crippen LogP contribution in [0.1, 0.15) is 31.4 Å². The number of carbonyl (C=O) groups excluding carboxylic acids is 1. The maximum absolute atomic E-state index is 11.9. The molecule has 0 radical (unpaired) electrons. The second-order valence-corrected chi connectivity index (χ2v) is 6.39. The first-order chi connectivity index (χ1) is 10.1. The van der Waals surface area contributed by atoms with E-state index < -0.39 is 0 Å². The molecule has 2 aromatic rings. The zero-order chi connectivity index (χ0) is 14.8. The summed E-state index contributed by atoms with van der Waals surface area (Å²) in [5.41, 5.74) is 1.80. The van der Waals surface area contributed by atoms with E-state index >= 15 is 0 Å². The summed E-state index contributed by atoms with van der Waals surface area (Å²) < 4.78 is 0. The summed E-state index contributed by atoms with van der Waals surface area (Å²) in [6.45, 7) is 1.88. The molecule has 1 amide bonds. The summed E-state index contributed by atoms with van der Waals surface area (Å²) in [7, 11) is 0. The Balaban J connectivity index is 1.64. The third-order valence-corrected chi connectivity index (χ3v) is 4.53. The minimum atomic E-state index is -0.202. The van der Waals surface area contributed by atoms with Gasteiger partial charge in [-0.15, -0.1) is 0 Å². The molecular formula is C14H18N4O2S. The van der Waals surface area contributed by atoms with Crippen molar-refractivity contribution in [2.24, 2.45) is 0 Å². The third kappa shape index (κ3) is 3.29. The molecule has 0 bridgehead atoms. The summed E-state index contributed by atoms with van der Waals surface area (Å²) in [6.07, 6.45) is 4.52. The van der Waals surface area contributed by atoms with Gasteiger partial charge in [-0.1, -0.05) is 24.6 Å². The van der Waals surface area contributed by atoms with E-state index in [0.29, 0.717) is 22.2 Å². The maximum Gasteiger partial charge on any atom is 0.275 e. The standard InChI is InChI=1S/C14H18N4O2S/c1-8-6-10-12(15-8)13(20)18-14(17-10)21-7-11(19)16-9-4-2-3-5-9/h6,9,15H,2-5,7H2,1H3,(H,16,19)(H,17,18,20). The van der Waals surface area contributed by atoms with Gasteiger partial charge in [-0.05, 0) is 25.8 Å². The number of aromatic amines is 2. The highest BCUT2D eigenvalue weighted by molar-refractivity contribution is 7.99. The summed E-state index contributed by atoms with van der Waals surface area (Å²) >= 11 is 1.26. The summed E-state index contributed by atoms with van der Waals surface area (Å²) in [4.78, 5) is 33.8. The van der Waals surface area contributed by atoms with Crippen molar-refractivity contribution in [2.45, 2.75) is 43.8 Å². The summed E-state index contributed by atoms with van der Waals surface area (Å²) in [6, 6.07) is 2.15. The molecule has 0 aromatic carbocycles. The van der Waals surface area contributed by atoms with Gasteiger partial charge in [0.25, 0.3) is 5.56 Å². The number of hydrogen-bond donors (Lipinski definition) is 3. The van der Waals surface area contributed by atoms with Crippen molar-refractivity contribution < 1.29 is 4.79 Å². The lowest BCUT2D eigenvalue weighted by atomic mass is 10.2. The van der Waals surface area contributed by atoms with Gasteiger partial charge >= 0.3 is 0 Å². The van der Waals surface area contributed by atoms with Gasteiger partial charge < -0.3 is 10.3 Å². The number of hydrogen-bond acceptors (Lipinski definition) is 4. The molecule has 0 spiro atoms. The Morgan fingerprint density at radius 1 is 1.43 bits per heavy atom. The van der Waals surface area contributed by atoms with E-state index in [-0.39, 0.29) is 17.2 Å². The maximum atomic E-state index is 11.9. The van der Waals surface area contributed by atoms with Gasteiger partial charge in [0.2, 0.25) is 5.91 Å². The minimum absolute atomic E-state index is 0.0000971. The van der Waals surface area contributed by atoms with Gasteiger partial charge in [0.05, 0.1) is 11.3 Å². The van der Waals surface area contributed by atoms with Crippen LogP contribution in [0.2, 0.25) is 0 Å². The van der Waals surface area contributed by atoms with Crippen molar-refractivity contribution >= 4 is 28.7 Å². The first kappa shape index (κ1) is 14.2. The number of aromatic nitrogens is 3. The van der Waals surface area contributed by atoms with E-state index in [2.05, 4.69) is 20.3 Å². The second-order valence-electron chi connectivity index (χ2n) is 5.42. The van der Waals surface area contributed by atoms with E-state index in [9.17, 15) is 9.59 Å². The predicted molar refractivity (Wildman–Crippen MR) is 82.6 cm³/mol. The van der Waals surface area contributed by atoms with Crippen molar-refractivity contribution in [2.75, 3.05) is 5.75 Å². The van der Waals surface area contributed by atoms with Crippen LogP contribution in [-0.4, -0.2) is 32.7 Å². The van der Waals surface area contributed by atoms with E-state index in [1.165, 1.54) is 24.6 Å². The molecule has 1 aliphatic carbocycles. The molecule has 6 nitrogen and oxygen atoms in total. The zero-order valence-corrected chi connectivity index (χ0v) is 12.7. The van der Waals surface area contributed by atoms with E-state index in [1.54, 1.807) is 0 Å². The molecule has 3 rings (SSSR count). The molecule has 1 fully saturated rings. The Labute approximate surface area is 126 Å². The third-order valence-electron chi connectivity index (χ3n) is 3.66. The van der Waals surface area contributed by atoms with Crippen LogP contribution in [-0.2, 0) is 4.79 Å². The van der Waals surface area contributed by atoms with Gasteiger partial charge in [-0.3, -0.25) is 14.6 Å². The fourth-order valence-corrected chi connectivity index (χ4v) is 3.35. The molecule has 2 aromatic heterocycles. The van der Waals surface area contributed by atoms with Crippen LogP contribution < -0.4 is 10.9 Å². The van der Waals surface area contributed by atoms with Gasteiger partial charge in [0.1, 0.15) is 5.52 Å². The van der Waals surface area contributed by atoms with Gasteiger partial charge in [-0.25, -0.2) is 4.98 Å². The SMILES string of the molecule is Cc1cc2nc(SCC(=O)NC3CCCC3)[nH]c(=O)c2[nH]1. The van der Waals surface area contributed by atoms with Crippen molar-refractivity contribution in [3.05, 3.63) is 22.1 Å². The molecule has 1 saturated carbocycles. The van der Waals surface area contributed by atoms with Crippen molar-refractivity contribution in [3.8, 4) is 0 Å². The lowest BCUT2D eigenvalue weighted by molar-refractivity contribution is -0.119. The molecule has 0 saturated heterocycles. The van der Waals surface area contributed by atoms with Gasteiger partial charge in [0, 0.05) is 11.7 Å². The highest BCUT2D eigenvalue weighted by Gasteiger charge is 2.17. The molecule has 3 N–H and O–H groups in total. The fraction of sp³-hybridized carbons (Fsp3) is 0.500. The van der Waals surface area contributed by atoms with Crippen LogP contribution in [0.4, 0.5) is 0 Å². The highest BCUT2D eigenvalue weighted by Crippen LogP contribution is 2.19. The molecule has 0 atom stereocenters. The molecule has 7 heteroatoms.